The molecule has 1 saturated heterocycles. The van der Waals surface area contributed by atoms with Crippen LogP contribution in [0, 0.1) is 5.92 Å². The van der Waals surface area contributed by atoms with Crippen molar-refractivity contribution in [3.8, 4) is 11.5 Å². The lowest BCUT2D eigenvalue weighted by Gasteiger charge is -2.22. The van der Waals surface area contributed by atoms with Crippen molar-refractivity contribution in [3.63, 3.8) is 0 Å². The van der Waals surface area contributed by atoms with Gasteiger partial charge in [-0.05, 0) is 19.4 Å². The molecule has 6 heteroatoms. The van der Waals surface area contributed by atoms with Gasteiger partial charge in [0.05, 0.1) is 30.8 Å². The smallest absolute Gasteiger partial charge is 0.228 e. The van der Waals surface area contributed by atoms with Crippen LogP contribution < -0.4 is 20.1 Å². The van der Waals surface area contributed by atoms with Gasteiger partial charge in [-0.1, -0.05) is 11.6 Å². The topological polar surface area (TPSA) is 59.6 Å². The maximum atomic E-state index is 12.2. The van der Waals surface area contributed by atoms with E-state index in [0.717, 1.165) is 19.4 Å². The molecule has 0 unspecified atom stereocenters. The Bertz CT molecular complexity index is 488. The Morgan fingerprint density at radius 2 is 2.05 bits per heavy atom. The fraction of sp³-hybridized carbons (Fsp3) is 0.500. The van der Waals surface area contributed by atoms with E-state index >= 15 is 0 Å². The van der Waals surface area contributed by atoms with Gasteiger partial charge in [0.1, 0.15) is 0 Å². The molecular weight excluding hydrogens is 280 g/mol. The van der Waals surface area contributed by atoms with Crippen molar-refractivity contribution in [1.82, 2.24) is 5.32 Å². The first-order chi connectivity index (χ1) is 9.65. The normalized spacial score (nSPS) is 18.4. The number of anilines is 1. The summed E-state index contributed by atoms with van der Waals surface area (Å²) in [6.07, 6.45) is 1.90. The van der Waals surface area contributed by atoms with Crippen molar-refractivity contribution in [2.45, 2.75) is 12.8 Å². The zero-order chi connectivity index (χ0) is 14.5. The number of carbonyl (C=O) groups is 1. The number of amides is 1. The minimum Gasteiger partial charge on any atom is -0.493 e. The number of methoxy groups -OCH3 is 2. The average Bonchev–Trinajstić information content (AvgIpc) is 2.49. The molecule has 1 aliphatic heterocycles. The van der Waals surface area contributed by atoms with E-state index in [1.807, 2.05) is 0 Å². The summed E-state index contributed by atoms with van der Waals surface area (Å²) >= 11 is 6.15. The fourth-order valence-corrected chi connectivity index (χ4v) is 2.46. The van der Waals surface area contributed by atoms with Crippen LogP contribution in [0.15, 0.2) is 12.1 Å². The maximum absolute atomic E-state index is 12.2. The molecule has 0 radical (unpaired) electrons. The first-order valence-corrected chi connectivity index (χ1v) is 6.96. The lowest BCUT2D eigenvalue weighted by molar-refractivity contribution is -0.120. The van der Waals surface area contributed by atoms with E-state index in [0.29, 0.717) is 28.8 Å². The van der Waals surface area contributed by atoms with Crippen LogP contribution in [0.25, 0.3) is 0 Å². The first kappa shape index (κ1) is 14.9. The zero-order valence-corrected chi connectivity index (χ0v) is 12.4. The Morgan fingerprint density at radius 3 is 2.65 bits per heavy atom. The van der Waals surface area contributed by atoms with Gasteiger partial charge in [0.25, 0.3) is 0 Å². The predicted octanol–water partition coefficient (Wildman–Crippen LogP) is 2.30. The van der Waals surface area contributed by atoms with Crippen LogP contribution in [-0.2, 0) is 4.79 Å². The Kier molecular flexibility index (Phi) is 5.09. The Hall–Kier alpha value is -1.46. The van der Waals surface area contributed by atoms with E-state index in [2.05, 4.69) is 10.6 Å². The minimum absolute atomic E-state index is 0.0205. The van der Waals surface area contributed by atoms with Crippen molar-refractivity contribution in [2.75, 3.05) is 32.6 Å². The van der Waals surface area contributed by atoms with Crippen molar-refractivity contribution in [2.24, 2.45) is 5.92 Å². The van der Waals surface area contributed by atoms with E-state index in [-0.39, 0.29) is 11.8 Å². The monoisotopic (exact) mass is 298 g/mol. The van der Waals surface area contributed by atoms with Crippen LogP contribution in [0.5, 0.6) is 11.5 Å². The highest BCUT2D eigenvalue weighted by Gasteiger charge is 2.22. The number of rotatable bonds is 4. The van der Waals surface area contributed by atoms with Gasteiger partial charge < -0.3 is 20.1 Å². The molecule has 110 valence electrons. The molecule has 2 rings (SSSR count). The number of halogens is 1. The molecule has 5 nitrogen and oxygen atoms in total. The number of nitrogens with one attached hydrogen (secondary N) is 2. The van der Waals surface area contributed by atoms with Crippen molar-refractivity contribution >= 4 is 23.2 Å². The second-order valence-corrected chi connectivity index (χ2v) is 5.13. The van der Waals surface area contributed by atoms with E-state index in [9.17, 15) is 4.79 Å². The number of carbonyl (C=O) groups excluding carboxylic acids is 1. The van der Waals surface area contributed by atoms with Crippen LogP contribution >= 0.6 is 11.6 Å². The number of benzene rings is 1. The number of hydrogen-bond donors (Lipinski definition) is 2. The average molecular weight is 299 g/mol. The molecule has 1 aromatic carbocycles. The van der Waals surface area contributed by atoms with Gasteiger partial charge in [-0.25, -0.2) is 0 Å². The highest BCUT2D eigenvalue weighted by Crippen LogP contribution is 2.36. The summed E-state index contributed by atoms with van der Waals surface area (Å²) in [5, 5.41) is 6.51. The molecule has 1 aromatic rings. The lowest BCUT2D eigenvalue weighted by atomic mass is 9.99. The third-order valence-electron chi connectivity index (χ3n) is 3.40. The van der Waals surface area contributed by atoms with Crippen LogP contribution in [0.4, 0.5) is 5.69 Å². The van der Waals surface area contributed by atoms with Gasteiger partial charge in [-0.15, -0.1) is 0 Å². The zero-order valence-electron chi connectivity index (χ0n) is 11.7. The molecule has 1 aliphatic rings. The Balaban J connectivity index is 2.13. The van der Waals surface area contributed by atoms with Crippen molar-refractivity contribution < 1.29 is 14.3 Å². The summed E-state index contributed by atoms with van der Waals surface area (Å²) < 4.78 is 10.4. The van der Waals surface area contributed by atoms with Crippen LogP contribution in [0.3, 0.4) is 0 Å². The van der Waals surface area contributed by atoms with E-state index < -0.39 is 0 Å². The van der Waals surface area contributed by atoms with Gasteiger partial charge in [0.2, 0.25) is 5.91 Å². The Morgan fingerprint density at radius 1 is 1.35 bits per heavy atom. The molecule has 0 saturated carbocycles. The summed E-state index contributed by atoms with van der Waals surface area (Å²) in [5.41, 5.74) is 0.542. The summed E-state index contributed by atoms with van der Waals surface area (Å²) in [5.74, 6) is 1.03. The van der Waals surface area contributed by atoms with Crippen molar-refractivity contribution in [1.29, 1.82) is 0 Å². The Labute approximate surface area is 123 Å². The molecule has 0 aromatic heterocycles. The molecule has 1 amide bonds. The van der Waals surface area contributed by atoms with Crippen LogP contribution in [-0.4, -0.2) is 33.2 Å². The van der Waals surface area contributed by atoms with Gasteiger partial charge in [0.15, 0.2) is 11.5 Å². The van der Waals surface area contributed by atoms with Gasteiger partial charge >= 0.3 is 0 Å². The minimum atomic E-state index is -0.0219. The largest absolute Gasteiger partial charge is 0.493 e. The van der Waals surface area contributed by atoms with Gasteiger partial charge in [-0.3, -0.25) is 4.79 Å². The summed E-state index contributed by atoms with van der Waals surface area (Å²) in [7, 11) is 3.09. The molecule has 0 spiro atoms. The third-order valence-corrected chi connectivity index (χ3v) is 3.71. The second-order valence-electron chi connectivity index (χ2n) is 4.72. The summed E-state index contributed by atoms with van der Waals surface area (Å²) in [4.78, 5) is 12.2. The maximum Gasteiger partial charge on any atom is 0.228 e. The number of hydrogen-bond acceptors (Lipinski definition) is 4. The lowest BCUT2D eigenvalue weighted by Crippen LogP contribution is -2.37. The predicted molar refractivity (Wildman–Crippen MR) is 78.8 cm³/mol. The van der Waals surface area contributed by atoms with E-state index in [4.69, 9.17) is 21.1 Å². The van der Waals surface area contributed by atoms with E-state index in [1.54, 1.807) is 26.4 Å². The quantitative estimate of drug-likeness (QED) is 0.895. The third kappa shape index (κ3) is 3.35. The highest BCUT2D eigenvalue weighted by molar-refractivity contribution is 6.34. The van der Waals surface area contributed by atoms with Gasteiger partial charge in [-0.2, -0.15) is 0 Å². The molecule has 0 bridgehead atoms. The standard InChI is InChI=1S/C14H19ClN2O3/c1-19-12-6-10(15)11(7-13(12)20-2)17-14(18)9-4-3-5-16-8-9/h6-7,9,16H,3-5,8H2,1-2H3,(H,17,18)/t9-/m0/s1. The summed E-state index contributed by atoms with van der Waals surface area (Å²) in [6, 6.07) is 3.31. The molecule has 20 heavy (non-hydrogen) atoms. The first-order valence-electron chi connectivity index (χ1n) is 6.58. The molecule has 1 atom stereocenters. The van der Waals surface area contributed by atoms with Crippen LogP contribution in [0.1, 0.15) is 12.8 Å². The summed E-state index contributed by atoms with van der Waals surface area (Å²) in [6.45, 7) is 1.68. The van der Waals surface area contributed by atoms with Crippen molar-refractivity contribution in [3.05, 3.63) is 17.2 Å². The molecular formula is C14H19ClN2O3. The molecule has 2 N–H and O–H groups in total. The molecule has 0 aliphatic carbocycles. The molecule has 1 heterocycles. The highest BCUT2D eigenvalue weighted by atomic mass is 35.5. The number of piperidine rings is 1. The fourth-order valence-electron chi connectivity index (χ4n) is 2.26. The SMILES string of the molecule is COc1cc(Cl)c(NC(=O)[C@H]2CCCNC2)cc1OC. The van der Waals surface area contributed by atoms with E-state index in [1.165, 1.54) is 0 Å². The molecule has 1 fully saturated rings. The van der Waals surface area contributed by atoms with Gasteiger partial charge in [0, 0.05) is 18.7 Å². The van der Waals surface area contributed by atoms with Crippen LogP contribution in [0.2, 0.25) is 5.02 Å². The second kappa shape index (κ2) is 6.81. The number of ether oxygens (including phenoxy) is 2.